The fraction of sp³-hybridized carbons (Fsp3) is 0.318. The van der Waals surface area contributed by atoms with Crippen molar-refractivity contribution in [3.05, 3.63) is 53.6 Å². The van der Waals surface area contributed by atoms with Crippen LogP contribution in [0.25, 0.3) is 11.1 Å². The smallest absolute Gasteiger partial charge is 0.310 e. The fourth-order valence-corrected chi connectivity index (χ4v) is 2.95. The van der Waals surface area contributed by atoms with Gasteiger partial charge in [0.1, 0.15) is 5.52 Å². The second-order valence-corrected chi connectivity index (χ2v) is 6.70. The molecule has 1 heterocycles. The predicted octanol–water partition coefficient (Wildman–Crippen LogP) is 4.71. The number of nitrogens with zero attached hydrogens (tertiary/aromatic N) is 2. The lowest BCUT2D eigenvalue weighted by Crippen LogP contribution is -2.30. The molecule has 1 aromatic heterocycles. The molecule has 28 heavy (non-hydrogen) atoms. The van der Waals surface area contributed by atoms with Gasteiger partial charge in [-0.3, -0.25) is 9.59 Å². The van der Waals surface area contributed by atoms with Gasteiger partial charge in [-0.1, -0.05) is 37.6 Å². The number of amides is 1. The molecule has 0 N–H and O–H groups in total. The quantitative estimate of drug-likeness (QED) is 0.555. The summed E-state index contributed by atoms with van der Waals surface area (Å²) in [7, 11) is 0. The molecule has 0 fully saturated rings. The van der Waals surface area contributed by atoms with Crippen LogP contribution in [-0.2, 0) is 20.7 Å². The lowest BCUT2D eigenvalue weighted by molar-refractivity contribution is -0.145. The largest absolute Gasteiger partial charge is 0.456 e. The van der Waals surface area contributed by atoms with E-state index < -0.39 is 11.9 Å². The number of ether oxygens (including phenoxy) is 1. The van der Waals surface area contributed by atoms with Crippen molar-refractivity contribution < 1.29 is 18.7 Å². The first-order valence-electron chi connectivity index (χ1n) is 9.41. The lowest BCUT2D eigenvalue weighted by atomic mass is 10.1. The van der Waals surface area contributed by atoms with Crippen molar-refractivity contribution in [1.29, 1.82) is 0 Å². The number of oxazole rings is 1. The maximum atomic E-state index is 12.8. The normalized spacial score (nSPS) is 10.8. The Morgan fingerprint density at radius 1 is 1.14 bits per heavy atom. The zero-order valence-corrected chi connectivity index (χ0v) is 16.4. The summed E-state index contributed by atoms with van der Waals surface area (Å²) in [5.74, 6) is -0.947. The van der Waals surface area contributed by atoms with Crippen LogP contribution in [0.2, 0.25) is 0 Å². The lowest BCUT2D eigenvalue weighted by Gasteiger charge is -2.19. The molecule has 0 atom stereocenters. The first-order valence-corrected chi connectivity index (χ1v) is 9.41. The maximum Gasteiger partial charge on any atom is 0.310 e. The topological polar surface area (TPSA) is 72.6 Å². The molecule has 0 bridgehead atoms. The third-order valence-corrected chi connectivity index (χ3v) is 4.46. The van der Waals surface area contributed by atoms with Gasteiger partial charge in [-0.2, -0.15) is 4.98 Å². The standard InChI is InChI=1S/C22H24N2O4/c1-4-5-8-17-10-12-18(13-11-17)24(20(26)14-27-16(3)25)22-23-21-15(2)7-6-9-19(21)28-22/h6-7,9-13H,4-5,8,14H2,1-3H3. The highest BCUT2D eigenvalue weighted by atomic mass is 16.5. The molecule has 6 nitrogen and oxygen atoms in total. The molecule has 0 saturated carbocycles. The van der Waals surface area contributed by atoms with Crippen LogP contribution in [0.4, 0.5) is 11.7 Å². The van der Waals surface area contributed by atoms with E-state index in [2.05, 4.69) is 11.9 Å². The minimum Gasteiger partial charge on any atom is -0.456 e. The fourth-order valence-electron chi connectivity index (χ4n) is 2.95. The van der Waals surface area contributed by atoms with Gasteiger partial charge in [0.2, 0.25) is 0 Å². The second-order valence-electron chi connectivity index (χ2n) is 6.70. The Balaban J connectivity index is 1.97. The van der Waals surface area contributed by atoms with Crippen molar-refractivity contribution in [2.75, 3.05) is 11.5 Å². The molecule has 0 aliphatic heterocycles. The van der Waals surface area contributed by atoms with Crippen LogP contribution in [-0.4, -0.2) is 23.5 Å². The maximum absolute atomic E-state index is 12.8. The van der Waals surface area contributed by atoms with Gasteiger partial charge in [0.25, 0.3) is 5.91 Å². The Labute approximate surface area is 164 Å². The van der Waals surface area contributed by atoms with Crippen molar-refractivity contribution in [2.45, 2.75) is 40.0 Å². The number of aryl methyl sites for hydroxylation is 2. The Morgan fingerprint density at radius 3 is 2.54 bits per heavy atom. The highest BCUT2D eigenvalue weighted by Gasteiger charge is 2.24. The summed E-state index contributed by atoms with van der Waals surface area (Å²) in [5.41, 5.74) is 4.06. The van der Waals surface area contributed by atoms with Gasteiger partial charge in [-0.05, 0) is 49.1 Å². The SMILES string of the molecule is CCCCc1ccc(N(C(=O)COC(C)=O)c2nc3c(C)cccc3o2)cc1. The summed E-state index contributed by atoms with van der Waals surface area (Å²) < 4.78 is 10.7. The zero-order chi connectivity index (χ0) is 20.1. The Hall–Kier alpha value is -3.15. The van der Waals surface area contributed by atoms with Crippen molar-refractivity contribution >= 4 is 34.7 Å². The van der Waals surface area contributed by atoms with Crippen LogP contribution in [0.3, 0.4) is 0 Å². The van der Waals surface area contributed by atoms with E-state index in [1.807, 2.05) is 43.3 Å². The van der Waals surface area contributed by atoms with E-state index in [1.54, 1.807) is 6.07 Å². The number of unbranched alkanes of at least 4 members (excludes halogenated alkanes) is 1. The molecule has 0 aliphatic rings. The number of rotatable bonds is 7. The monoisotopic (exact) mass is 380 g/mol. The van der Waals surface area contributed by atoms with Crippen LogP contribution < -0.4 is 4.90 Å². The van der Waals surface area contributed by atoms with Gasteiger partial charge < -0.3 is 9.15 Å². The molecule has 0 saturated heterocycles. The number of para-hydroxylation sites is 1. The number of benzene rings is 2. The number of carbonyl (C=O) groups excluding carboxylic acids is 2. The number of aromatic nitrogens is 1. The summed E-state index contributed by atoms with van der Waals surface area (Å²) in [4.78, 5) is 29.8. The van der Waals surface area contributed by atoms with E-state index in [0.717, 1.165) is 24.8 Å². The molecular weight excluding hydrogens is 356 g/mol. The van der Waals surface area contributed by atoms with Gasteiger partial charge in [0.05, 0.1) is 5.69 Å². The number of fused-ring (bicyclic) bond motifs is 1. The number of carbonyl (C=O) groups is 2. The van der Waals surface area contributed by atoms with Gasteiger partial charge in [0, 0.05) is 6.92 Å². The van der Waals surface area contributed by atoms with Gasteiger partial charge in [-0.15, -0.1) is 0 Å². The molecule has 0 unspecified atom stereocenters. The first-order chi connectivity index (χ1) is 13.5. The predicted molar refractivity (Wildman–Crippen MR) is 108 cm³/mol. The average molecular weight is 380 g/mol. The molecular formula is C22H24N2O4. The Morgan fingerprint density at radius 2 is 1.89 bits per heavy atom. The molecule has 0 aliphatic carbocycles. The van der Waals surface area contributed by atoms with Crippen molar-refractivity contribution in [1.82, 2.24) is 4.98 Å². The van der Waals surface area contributed by atoms with Crippen molar-refractivity contribution in [3.8, 4) is 0 Å². The number of esters is 1. The number of hydrogen-bond acceptors (Lipinski definition) is 5. The molecule has 3 rings (SSSR count). The van der Waals surface area contributed by atoms with Crippen LogP contribution in [0.5, 0.6) is 0 Å². The van der Waals surface area contributed by atoms with Crippen LogP contribution >= 0.6 is 0 Å². The van der Waals surface area contributed by atoms with E-state index in [4.69, 9.17) is 9.15 Å². The van der Waals surface area contributed by atoms with E-state index in [9.17, 15) is 9.59 Å². The second kappa shape index (κ2) is 8.69. The van der Waals surface area contributed by atoms with Crippen molar-refractivity contribution in [2.24, 2.45) is 0 Å². The number of hydrogen-bond donors (Lipinski definition) is 0. The Bertz CT molecular complexity index is 976. The van der Waals surface area contributed by atoms with E-state index in [1.165, 1.54) is 17.4 Å². The van der Waals surface area contributed by atoms with Crippen LogP contribution in [0.15, 0.2) is 46.9 Å². The molecule has 3 aromatic rings. The minimum atomic E-state index is -0.517. The third-order valence-electron chi connectivity index (χ3n) is 4.46. The minimum absolute atomic E-state index is 0.155. The van der Waals surface area contributed by atoms with E-state index in [0.29, 0.717) is 16.8 Å². The van der Waals surface area contributed by atoms with Crippen LogP contribution in [0.1, 0.15) is 37.8 Å². The zero-order valence-electron chi connectivity index (χ0n) is 16.4. The molecule has 0 spiro atoms. The third kappa shape index (κ3) is 4.39. The molecule has 2 aromatic carbocycles. The molecule has 0 radical (unpaired) electrons. The highest BCUT2D eigenvalue weighted by molar-refractivity contribution is 6.00. The summed E-state index contributed by atoms with van der Waals surface area (Å²) in [6.07, 6.45) is 3.22. The molecule has 6 heteroatoms. The van der Waals surface area contributed by atoms with Crippen LogP contribution in [0, 0.1) is 6.92 Å². The average Bonchev–Trinajstić information content (AvgIpc) is 3.11. The van der Waals surface area contributed by atoms with Gasteiger partial charge in [0.15, 0.2) is 12.2 Å². The van der Waals surface area contributed by atoms with Crippen molar-refractivity contribution in [3.63, 3.8) is 0 Å². The summed E-state index contributed by atoms with van der Waals surface area (Å²) in [6, 6.07) is 13.5. The van der Waals surface area contributed by atoms with E-state index >= 15 is 0 Å². The number of anilines is 2. The first kappa shape index (κ1) is 19.6. The summed E-state index contributed by atoms with van der Waals surface area (Å²) >= 11 is 0. The van der Waals surface area contributed by atoms with E-state index in [-0.39, 0.29) is 12.6 Å². The highest BCUT2D eigenvalue weighted by Crippen LogP contribution is 2.30. The molecule has 1 amide bonds. The van der Waals surface area contributed by atoms with Gasteiger partial charge >= 0.3 is 12.0 Å². The summed E-state index contributed by atoms with van der Waals surface area (Å²) in [5, 5.41) is 0. The molecule has 146 valence electrons. The summed E-state index contributed by atoms with van der Waals surface area (Å²) in [6.45, 7) is 4.97. The Kier molecular flexibility index (Phi) is 6.09. The van der Waals surface area contributed by atoms with Gasteiger partial charge in [-0.25, -0.2) is 4.90 Å².